The summed E-state index contributed by atoms with van der Waals surface area (Å²) in [4.78, 5) is 33.3. The molecule has 1 saturated heterocycles. The van der Waals surface area contributed by atoms with E-state index in [0.29, 0.717) is 30.8 Å². The Morgan fingerprint density at radius 3 is 2.72 bits per heavy atom. The number of amides is 2. The highest BCUT2D eigenvalue weighted by Crippen LogP contribution is 2.39. The number of likely N-dealkylation sites (tertiary alicyclic amines) is 1. The fourth-order valence-electron chi connectivity index (χ4n) is 4.38. The fraction of sp³-hybridized carbons (Fsp3) is 0.333. The molecule has 1 N–H and O–H groups in total. The third kappa shape index (κ3) is 2.91. The van der Waals surface area contributed by atoms with Crippen LogP contribution in [0.2, 0.25) is 0 Å². The number of para-hydroxylation sites is 2. The number of fused-ring (bicyclic) bond motifs is 2. The van der Waals surface area contributed by atoms with Crippen molar-refractivity contribution >= 4 is 28.8 Å². The number of rotatable bonds is 1. The first-order valence-electron chi connectivity index (χ1n) is 9.79. The van der Waals surface area contributed by atoms with Crippen molar-refractivity contribution in [1.82, 2.24) is 19.5 Å². The first-order chi connectivity index (χ1) is 14.1. The van der Waals surface area contributed by atoms with E-state index in [1.165, 1.54) is 0 Å². The molecule has 1 aromatic carbocycles. The highest BCUT2D eigenvalue weighted by Gasteiger charge is 2.42. The summed E-state index contributed by atoms with van der Waals surface area (Å²) < 4.78 is 1.61. The maximum Gasteiger partial charge on any atom is 0.259 e. The van der Waals surface area contributed by atoms with Crippen molar-refractivity contribution in [3.05, 3.63) is 54.5 Å². The normalized spacial score (nSPS) is 17.8. The Balaban J connectivity index is 1.36. The van der Waals surface area contributed by atoms with E-state index in [4.69, 9.17) is 0 Å². The van der Waals surface area contributed by atoms with Gasteiger partial charge >= 0.3 is 0 Å². The topological polar surface area (TPSA) is 82.8 Å². The van der Waals surface area contributed by atoms with Gasteiger partial charge in [0.1, 0.15) is 5.56 Å². The highest BCUT2D eigenvalue weighted by atomic mass is 16.2. The number of benzene rings is 1. The van der Waals surface area contributed by atoms with Gasteiger partial charge in [-0.15, -0.1) is 0 Å². The van der Waals surface area contributed by atoms with Crippen LogP contribution in [0.1, 0.15) is 30.1 Å². The Morgan fingerprint density at radius 2 is 1.93 bits per heavy atom. The van der Waals surface area contributed by atoms with E-state index in [1.54, 1.807) is 36.1 Å². The number of hydrogen-bond acceptors (Lipinski definition) is 5. The third-order valence-corrected chi connectivity index (χ3v) is 5.95. The maximum atomic E-state index is 13.1. The first-order valence-corrected chi connectivity index (χ1v) is 9.79. The van der Waals surface area contributed by atoms with Crippen molar-refractivity contribution in [3.63, 3.8) is 0 Å². The molecule has 0 bridgehead atoms. The second-order valence-corrected chi connectivity index (χ2v) is 7.77. The first kappa shape index (κ1) is 17.7. The number of nitrogens with one attached hydrogen (secondary N) is 1. The van der Waals surface area contributed by atoms with Crippen LogP contribution >= 0.6 is 0 Å². The van der Waals surface area contributed by atoms with Gasteiger partial charge in [-0.2, -0.15) is 5.10 Å². The van der Waals surface area contributed by atoms with Gasteiger partial charge in [-0.05, 0) is 31.0 Å². The molecular weight excluding hydrogens is 368 g/mol. The quantitative estimate of drug-likeness (QED) is 0.689. The lowest BCUT2D eigenvalue weighted by atomic mass is 9.84. The van der Waals surface area contributed by atoms with Gasteiger partial charge in [-0.25, -0.2) is 9.50 Å². The molecule has 2 amide bonds. The minimum Gasteiger partial charge on any atom is -0.376 e. The predicted octanol–water partition coefficient (Wildman–Crippen LogP) is 2.18. The van der Waals surface area contributed by atoms with Crippen LogP contribution in [-0.4, -0.2) is 56.5 Å². The number of piperidine rings is 1. The molecule has 0 saturated carbocycles. The lowest BCUT2D eigenvalue weighted by molar-refractivity contribution is -0.116. The molecule has 0 radical (unpaired) electrons. The molecule has 148 valence electrons. The van der Waals surface area contributed by atoms with Crippen LogP contribution in [0.4, 0.5) is 11.4 Å². The summed E-state index contributed by atoms with van der Waals surface area (Å²) in [6.07, 6.45) is 6.57. The number of hydrogen-bond donors (Lipinski definition) is 1. The Hall–Kier alpha value is -3.42. The minimum absolute atomic E-state index is 0.0364. The zero-order valence-corrected chi connectivity index (χ0v) is 16.2. The number of aromatic nitrogens is 3. The Kier molecular flexibility index (Phi) is 4.01. The molecule has 0 unspecified atom stereocenters. The molecule has 2 aromatic heterocycles. The summed E-state index contributed by atoms with van der Waals surface area (Å²) in [5.74, 6) is -0.0116. The monoisotopic (exact) mass is 390 g/mol. The lowest BCUT2D eigenvalue weighted by Crippen LogP contribution is -2.59. The summed E-state index contributed by atoms with van der Waals surface area (Å²) in [7, 11) is 0. The number of carbonyl (C=O) groups excluding carboxylic acids is 2. The zero-order valence-electron chi connectivity index (χ0n) is 16.2. The van der Waals surface area contributed by atoms with Crippen LogP contribution in [0.25, 0.3) is 5.65 Å². The molecule has 4 heterocycles. The molecule has 8 heteroatoms. The Bertz CT molecular complexity index is 1100. The molecule has 2 aliphatic rings. The van der Waals surface area contributed by atoms with Gasteiger partial charge in [0.2, 0.25) is 5.91 Å². The van der Waals surface area contributed by atoms with E-state index in [1.807, 2.05) is 34.1 Å². The molecule has 0 atom stereocenters. The van der Waals surface area contributed by atoms with Gasteiger partial charge < -0.3 is 15.1 Å². The smallest absolute Gasteiger partial charge is 0.259 e. The minimum atomic E-state index is -0.226. The van der Waals surface area contributed by atoms with Crippen molar-refractivity contribution in [1.29, 1.82) is 0 Å². The fourth-order valence-corrected chi connectivity index (χ4v) is 4.38. The van der Waals surface area contributed by atoms with Gasteiger partial charge in [-0.3, -0.25) is 9.59 Å². The summed E-state index contributed by atoms with van der Waals surface area (Å²) in [5.41, 5.74) is 2.76. The molecule has 3 aromatic rings. The van der Waals surface area contributed by atoms with E-state index >= 15 is 0 Å². The Labute approximate surface area is 168 Å². The van der Waals surface area contributed by atoms with E-state index in [-0.39, 0.29) is 17.4 Å². The van der Waals surface area contributed by atoms with Crippen LogP contribution in [0.5, 0.6) is 0 Å². The summed E-state index contributed by atoms with van der Waals surface area (Å²) >= 11 is 0. The van der Waals surface area contributed by atoms with Gasteiger partial charge in [-0.1, -0.05) is 12.1 Å². The number of carbonyl (C=O) groups is 2. The van der Waals surface area contributed by atoms with Gasteiger partial charge in [0.15, 0.2) is 5.65 Å². The molecule has 29 heavy (non-hydrogen) atoms. The van der Waals surface area contributed by atoms with Gasteiger partial charge in [0.25, 0.3) is 5.91 Å². The number of nitrogens with zero attached hydrogens (tertiary/aromatic N) is 5. The van der Waals surface area contributed by atoms with Crippen LogP contribution in [-0.2, 0) is 4.79 Å². The Morgan fingerprint density at radius 1 is 1.14 bits per heavy atom. The second kappa shape index (κ2) is 6.58. The van der Waals surface area contributed by atoms with Gasteiger partial charge in [0, 0.05) is 39.0 Å². The molecule has 5 rings (SSSR count). The summed E-state index contributed by atoms with van der Waals surface area (Å²) in [6, 6.07) is 9.67. The van der Waals surface area contributed by atoms with Crippen molar-refractivity contribution in [2.75, 3.05) is 29.9 Å². The molecule has 0 aliphatic carbocycles. The van der Waals surface area contributed by atoms with Crippen LogP contribution in [0.3, 0.4) is 0 Å². The van der Waals surface area contributed by atoms with Crippen LogP contribution < -0.4 is 10.2 Å². The van der Waals surface area contributed by atoms with Gasteiger partial charge in [0.05, 0.1) is 23.1 Å². The van der Waals surface area contributed by atoms with E-state index in [0.717, 1.165) is 24.2 Å². The predicted molar refractivity (Wildman–Crippen MR) is 109 cm³/mol. The largest absolute Gasteiger partial charge is 0.376 e. The van der Waals surface area contributed by atoms with Crippen molar-refractivity contribution in [2.24, 2.45) is 0 Å². The SMILES string of the molecule is CC(=O)N1CC2(CCN(C(=O)c3cnn4cccnc34)CC2)Nc2ccccc21. The summed E-state index contributed by atoms with van der Waals surface area (Å²) in [6.45, 7) is 3.44. The molecule has 1 spiro atoms. The zero-order chi connectivity index (χ0) is 20.0. The van der Waals surface area contributed by atoms with Crippen molar-refractivity contribution in [2.45, 2.75) is 25.3 Å². The molecule has 2 aliphatic heterocycles. The highest BCUT2D eigenvalue weighted by molar-refractivity contribution is 6.00. The molecule has 8 nitrogen and oxygen atoms in total. The summed E-state index contributed by atoms with van der Waals surface area (Å²) in [5, 5.41) is 7.88. The van der Waals surface area contributed by atoms with E-state index < -0.39 is 0 Å². The molecule has 1 fully saturated rings. The third-order valence-electron chi connectivity index (χ3n) is 5.95. The van der Waals surface area contributed by atoms with E-state index in [2.05, 4.69) is 15.4 Å². The van der Waals surface area contributed by atoms with Crippen molar-refractivity contribution < 1.29 is 9.59 Å². The number of anilines is 2. The average molecular weight is 390 g/mol. The van der Waals surface area contributed by atoms with Crippen molar-refractivity contribution in [3.8, 4) is 0 Å². The average Bonchev–Trinajstić information content (AvgIpc) is 3.17. The van der Waals surface area contributed by atoms with Crippen LogP contribution in [0.15, 0.2) is 48.9 Å². The van der Waals surface area contributed by atoms with E-state index in [9.17, 15) is 9.59 Å². The standard InChI is InChI=1S/C21H22N6O2/c1-15(28)26-14-21(24-17-5-2-3-6-18(17)26)7-11-25(12-8-21)20(29)16-13-23-27-10-4-9-22-19(16)27/h2-6,9-10,13,24H,7-8,11-12,14H2,1H3. The molecular formula is C21H22N6O2. The maximum absolute atomic E-state index is 13.1. The lowest BCUT2D eigenvalue weighted by Gasteiger charge is -2.48. The second-order valence-electron chi connectivity index (χ2n) is 7.77. The van der Waals surface area contributed by atoms with Crippen LogP contribution in [0, 0.1) is 0 Å².